The molecule has 0 amide bonds. The number of aryl methyl sites for hydroxylation is 1. The topological polar surface area (TPSA) is 59.1 Å². The molecule has 2 aromatic carbocycles. The minimum absolute atomic E-state index is 0.0197. The van der Waals surface area contributed by atoms with Crippen LogP contribution in [0.4, 0.5) is 8.78 Å². The molecular formula is C15H14F2N2O. The minimum atomic E-state index is -0.894. The van der Waals surface area contributed by atoms with Crippen molar-refractivity contribution in [1.29, 1.82) is 5.41 Å². The van der Waals surface area contributed by atoms with Crippen LogP contribution in [0.2, 0.25) is 0 Å². The fourth-order valence-corrected chi connectivity index (χ4v) is 1.72. The third kappa shape index (κ3) is 2.93. The van der Waals surface area contributed by atoms with E-state index in [0.717, 1.165) is 24.1 Å². The van der Waals surface area contributed by atoms with E-state index in [-0.39, 0.29) is 5.56 Å². The molecule has 3 nitrogen and oxygen atoms in total. The van der Waals surface area contributed by atoms with Crippen LogP contribution in [-0.2, 0) is 6.42 Å². The fraction of sp³-hybridized carbons (Fsp3) is 0.133. The third-order valence-corrected chi connectivity index (χ3v) is 2.86. The molecule has 0 saturated carbocycles. The van der Waals surface area contributed by atoms with Crippen LogP contribution in [0.3, 0.4) is 0 Å². The first-order chi connectivity index (χ1) is 9.51. The summed E-state index contributed by atoms with van der Waals surface area (Å²) in [5.41, 5.74) is 6.28. The molecule has 0 aliphatic heterocycles. The fourth-order valence-electron chi connectivity index (χ4n) is 1.72. The van der Waals surface area contributed by atoms with Crippen molar-refractivity contribution in [2.45, 2.75) is 13.3 Å². The molecule has 0 radical (unpaired) electrons. The highest BCUT2D eigenvalue weighted by atomic mass is 19.1. The summed E-state index contributed by atoms with van der Waals surface area (Å²) in [7, 11) is 0. The van der Waals surface area contributed by atoms with Crippen LogP contribution in [0.5, 0.6) is 11.5 Å². The maximum atomic E-state index is 13.8. The molecule has 5 heteroatoms. The number of hydrogen-bond acceptors (Lipinski definition) is 2. The van der Waals surface area contributed by atoms with Crippen molar-refractivity contribution in [1.82, 2.24) is 0 Å². The maximum absolute atomic E-state index is 13.8. The highest BCUT2D eigenvalue weighted by Gasteiger charge is 2.14. The molecule has 0 aliphatic carbocycles. The van der Waals surface area contributed by atoms with Crippen LogP contribution in [0.25, 0.3) is 0 Å². The van der Waals surface area contributed by atoms with Crippen molar-refractivity contribution in [2.75, 3.05) is 0 Å². The molecule has 20 heavy (non-hydrogen) atoms. The van der Waals surface area contributed by atoms with Gasteiger partial charge in [0, 0.05) is 5.56 Å². The highest BCUT2D eigenvalue weighted by Crippen LogP contribution is 2.28. The van der Waals surface area contributed by atoms with E-state index in [0.29, 0.717) is 5.75 Å². The zero-order valence-electron chi connectivity index (χ0n) is 10.9. The lowest BCUT2D eigenvalue weighted by Gasteiger charge is -2.10. The molecule has 0 aliphatic rings. The van der Waals surface area contributed by atoms with Crippen molar-refractivity contribution >= 4 is 5.84 Å². The van der Waals surface area contributed by atoms with Crippen molar-refractivity contribution in [2.24, 2.45) is 5.73 Å². The Morgan fingerprint density at radius 2 is 1.70 bits per heavy atom. The highest BCUT2D eigenvalue weighted by molar-refractivity contribution is 5.95. The number of benzene rings is 2. The zero-order chi connectivity index (χ0) is 14.7. The van der Waals surface area contributed by atoms with Crippen LogP contribution in [-0.4, -0.2) is 5.84 Å². The third-order valence-electron chi connectivity index (χ3n) is 2.86. The van der Waals surface area contributed by atoms with Crippen LogP contribution in [0, 0.1) is 17.0 Å². The normalized spacial score (nSPS) is 10.3. The van der Waals surface area contributed by atoms with Crippen LogP contribution in [0.1, 0.15) is 18.1 Å². The predicted octanol–water partition coefficient (Wildman–Crippen LogP) is 3.60. The first-order valence-corrected chi connectivity index (χ1v) is 6.11. The molecule has 2 rings (SSSR count). The average Bonchev–Trinajstić information content (AvgIpc) is 2.43. The van der Waals surface area contributed by atoms with Gasteiger partial charge in [-0.05, 0) is 36.2 Å². The van der Waals surface area contributed by atoms with Crippen molar-refractivity contribution in [3.05, 3.63) is 59.2 Å². The van der Waals surface area contributed by atoms with E-state index >= 15 is 0 Å². The van der Waals surface area contributed by atoms with Crippen LogP contribution in [0.15, 0.2) is 36.4 Å². The lowest BCUT2D eigenvalue weighted by molar-refractivity contribution is 0.407. The number of ether oxygens (including phenoxy) is 1. The quantitative estimate of drug-likeness (QED) is 0.662. The van der Waals surface area contributed by atoms with Gasteiger partial charge >= 0.3 is 0 Å². The molecule has 0 spiro atoms. The van der Waals surface area contributed by atoms with E-state index in [1.165, 1.54) is 0 Å². The summed E-state index contributed by atoms with van der Waals surface area (Å²) >= 11 is 0. The summed E-state index contributed by atoms with van der Waals surface area (Å²) in [6.07, 6.45) is 0.871. The Morgan fingerprint density at radius 1 is 1.15 bits per heavy atom. The van der Waals surface area contributed by atoms with Crippen LogP contribution < -0.4 is 10.5 Å². The summed E-state index contributed by atoms with van der Waals surface area (Å²) in [4.78, 5) is 0. The lowest BCUT2D eigenvalue weighted by Crippen LogP contribution is -2.12. The molecule has 0 heterocycles. The van der Waals surface area contributed by atoms with Crippen molar-refractivity contribution in [3.8, 4) is 11.5 Å². The Morgan fingerprint density at radius 3 is 2.15 bits per heavy atom. The Labute approximate surface area is 115 Å². The second-order valence-electron chi connectivity index (χ2n) is 4.28. The first-order valence-electron chi connectivity index (χ1n) is 6.11. The Bertz CT molecular complexity index is 616. The molecule has 3 N–H and O–H groups in total. The summed E-state index contributed by atoms with van der Waals surface area (Å²) in [6, 6.07) is 8.90. The van der Waals surface area contributed by atoms with Crippen molar-refractivity contribution in [3.63, 3.8) is 0 Å². The van der Waals surface area contributed by atoms with E-state index in [9.17, 15) is 8.78 Å². The molecular weight excluding hydrogens is 262 g/mol. The molecule has 0 aromatic heterocycles. The van der Waals surface area contributed by atoms with Gasteiger partial charge in [0.05, 0.1) is 0 Å². The first kappa shape index (κ1) is 14.0. The number of nitrogen functional groups attached to an aromatic ring is 1. The number of nitrogens with one attached hydrogen (secondary N) is 1. The largest absolute Gasteiger partial charge is 0.451 e. The number of amidine groups is 1. The number of halogens is 2. The lowest BCUT2D eigenvalue weighted by atomic mass is 10.1. The SMILES string of the molecule is CCc1ccc(Oc2c(F)cc(C(=N)N)cc2F)cc1. The predicted molar refractivity (Wildman–Crippen MR) is 73.3 cm³/mol. The molecule has 0 unspecified atom stereocenters. The zero-order valence-corrected chi connectivity index (χ0v) is 10.9. The smallest absolute Gasteiger partial charge is 0.198 e. The number of nitrogens with two attached hydrogens (primary N) is 1. The van der Waals surface area contributed by atoms with Gasteiger partial charge in [0.1, 0.15) is 11.6 Å². The van der Waals surface area contributed by atoms with Gasteiger partial charge in [-0.2, -0.15) is 0 Å². The molecule has 0 fully saturated rings. The Balaban J connectivity index is 2.30. The van der Waals surface area contributed by atoms with E-state index in [4.69, 9.17) is 15.9 Å². The summed E-state index contributed by atoms with van der Waals surface area (Å²) < 4.78 is 32.8. The summed E-state index contributed by atoms with van der Waals surface area (Å²) in [5, 5.41) is 7.17. The summed E-state index contributed by atoms with van der Waals surface area (Å²) in [5.74, 6) is -2.35. The molecule has 0 atom stereocenters. The van der Waals surface area contributed by atoms with Gasteiger partial charge in [0.2, 0.25) is 0 Å². The summed E-state index contributed by atoms with van der Waals surface area (Å²) in [6.45, 7) is 2.01. The van der Waals surface area contributed by atoms with E-state index in [2.05, 4.69) is 0 Å². The van der Waals surface area contributed by atoms with Crippen molar-refractivity contribution < 1.29 is 13.5 Å². The molecule has 104 valence electrons. The molecule has 2 aromatic rings. The Hall–Kier alpha value is -2.43. The second kappa shape index (κ2) is 5.69. The standard InChI is InChI=1S/C15H14F2N2O/c1-2-9-3-5-11(6-4-9)20-14-12(16)7-10(15(18)19)8-13(14)17/h3-8H,2H2,1H3,(H3,18,19). The van der Waals surface area contributed by atoms with Gasteiger partial charge in [-0.3, -0.25) is 5.41 Å². The second-order valence-corrected chi connectivity index (χ2v) is 4.28. The van der Waals surface area contributed by atoms with E-state index in [1.807, 2.05) is 19.1 Å². The van der Waals surface area contributed by atoms with Gasteiger partial charge in [0.15, 0.2) is 17.4 Å². The minimum Gasteiger partial charge on any atom is -0.451 e. The van der Waals surface area contributed by atoms with Crippen LogP contribution >= 0.6 is 0 Å². The number of hydrogen-bond donors (Lipinski definition) is 2. The monoisotopic (exact) mass is 276 g/mol. The Kier molecular flexibility index (Phi) is 3.98. The van der Waals surface area contributed by atoms with E-state index < -0.39 is 23.2 Å². The van der Waals surface area contributed by atoms with Gasteiger partial charge in [-0.25, -0.2) is 8.78 Å². The number of rotatable bonds is 4. The maximum Gasteiger partial charge on any atom is 0.198 e. The van der Waals surface area contributed by atoms with E-state index in [1.54, 1.807) is 12.1 Å². The molecule has 0 saturated heterocycles. The van der Waals surface area contributed by atoms with Gasteiger partial charge in [-0.1, -0.05) is 19.1 Å². The van der Waals surface area contributed by atoms with Gasteiger partial charge < -0.3 is 10.5 Å². The van der Waals surface area contributed by atoms with Gasteiger partial charge in [-0.15, -0.1) is 0 Å². The molecule has 0 bridgehead atoms. The van der Waals surface area contributed by atoms with Gasteiger partial charge in [0.25, 0.3) is 0 Å². The average molecular weight is 276 g/mol.